The largest absolute Gasteiger partial charge is 0.486 e. The van der Waals surface area contributed by atoms with Crippen LogP contribution in [0.15, 0.2) is 36.4 Å². The molecule has 0 aliphatic heterocycles. The molecule has 0 fully saturated rings. The molecule has 0 bridgehead atoms. The molecule has 1 heterocycles. The lowest BCUT2D eigenvalue weighted by Gasteiger charge is -2.07. The van der Waals surface area contributed by atoms with Gasteiger partial charge in [0.05, 0.1) is 10.7 Å². The second-order valence-electron chi connectivity index (χ2n) is 5.40. The Morgan fingerprint density at radius 2 is 1.89 bits per heavy atom. The first-order chi connectivity index (χ1) is 12.9. The molecule has 0 spiro atoms. The number of rotatable bonds is 5. The molecule has 0 saturated heterocycles. The number of amides is 2. The normalized spacial score (nSPS) is 10.5. The monoisotopic (exact) mass is 442 g/mol. The molecule has 0 aliphatic rings. The van der Waals surface area contributed by atoms with Gasteiger partial charge in [-0.15, -0.1) is 10.2 Å². The molecular formula is C17H13Cl3N4O2S. The van der Waals surface area contributed by atoms with Crippen molar-refractivity contribution >= 4 is 63.0 Å². The van der Waals surface area contributed by atoms with Crippen molar-refractivity contribution in [1.29, 1.82) is 0 Å². The van der Waals surface area contributed by atoms with E-state index in [0.29, 0.717) is 36.6 Å². The molecular weight excluding hydrogens is 431 g/mol. The topological polar surface area (TPSA) is 76.1 Å². The Morgan fingerprint density at radius 3 is 2.63 bits per heavy atom. The number of urea groups is 1. The van der Waals surface area contributed by atoms with Gasteiger partial charge in [-0.25, -0.2) is 4.79 Å². The second kappa shape index (κ2) is 8.75. The second-order valence-corrected chi connectivity index (χ2v) is 7.72. The highest BCUT2D eigenvalue weighted by Gasteiger charge is 2.11. The Kier molecular flexibility index (Phi) is 6.38. The first-order valence-electron chi connectivity index (χ1n) is 7.65. The maximum atomic E-state index is 12.1. The summed E-state index contributed by atoms with van der Waals surface area (Å²) in [7, 11) is 0. The third kappa shape index (κ3) is 5.46. The highest BCUT2D eigenvalue weighted by Crippen LogP contribution is 2.26. The summed E-state index contributed by atoms with van der Waals surface area (Å²) in [6, 6.07) is 9.67. The zero-order chi connectivity index (χ0) is 19.4. The zero-order valence-electron chi connectivity index (χ0n) is 13.9. The van der Waals surface area contributed by atoms with E-state index in [0.717, 1.165) is 5.56 Å². The molecule has 27 heavy (non-hydrogen) atoms. The molecule has 0 aliphatic carbocycles. The minimum atomic E-state index is -0.490. The van der Waals surface area contributed by atoms with Crippen molar-refractivity contribution in [3.8, 4) is 5.75 Å². The van der Waals surface area contributed by atoms with Crippen LogP contribution in [0.1, 0.15) is 10.6 Å². The lowest BCUT2D eigenvalue weighted by atomic mass is 10.2. The quantitative estimate of drug-likeness (QED) is 0.505. The molecule has 3 rings (SSSR count). The highest BCUT2D eigenvalue weighted by molar-refractivity contribution is 7.15. The van der Waals surface area contributed by atoms with Gasteiger partial charge in [-0.1, -0.05) is 46.1 Å². The van der Waals surface area contributed by atoms with Crippen molar-refractivity contribution in [3.05, 3.63) is 62.0 Å². The van der Waals surface area contributed by atoms with Crippen molar-refractivity contribution in [2.75, 3.05) is 10.6 Å². The number of carbonyl (C=O) groups is 1. The van der Waals surface area contributed by atoms with Gasteiger partial charge in [0.1, 0.15) is 12.4 Å². The van der Waals surface area contributed by atoms with E-state index in [-0.39, 0.29) is 6.61 Å². The van der Waals surface area contributed by atoms with Gasteiger partial charge in [-0.05, 0) is 48.9 Å². The molecule has 2 N–H and O–H groups in total. The van der Waals surface area contributed by atoms with Crippen LogP contribution < -0.4 is 15.4 Å². The van der Waals surface area contributed by atoms with Crippen LogP contribution in [0, 0.1) is 6.92 Å². The summed E-state index contributed by atoms with van der Waals surface area (Å²) >= 11 is 19.0. The van der Waals surface area contributed by atoms with Crippen LogP contribution in [0.3, 0.4) is 0 Å². The maximum Gasteiger partial charge on any atom is 0.325 e. The molecule has 0 saturated carbocycles. The molecule has 140 valence electrons. The SMILES string of the molecule is Cc1cc(OCc2nnc(NC(=O)Nc3ccc(Cl)cc3Cl)s2)ccc1Cl. The lowest BCUT2D eigenvalue weighted by Crippen LogP contribution is -2.19. The van der Waals surface area contributed by atoms with Crippen LogP contribution in [0.5, 0.6) is 5.75 Å². The van der Waals surface area contributed by atoms with Crippen molar-refractivity contribution in [2.24, 2.45) is 0 Å². The van der Waals surface area contributed by atoms with Crippen LogP contribution in [-0.2, 0) is 6.61 Å². The maximum absolute atomic E-state index is 12.1. The predicted octanol–water partition coefficient (Wildman–Crippen LogP) is 6.03. The number of ether oxygens (including phenoxy) is 1. The number of aryl methyl sites for hydroxylation is 1. The Morgan fingerprint density at radius 1 is 1.07 bits per heavy atom. The molecule has 1 aromatic heterocycles. The van der Waals surface area contributed by atoms with Gasteiger partial charge in [-0.3, -0.25) is 5.32 Å². The van der Waals surface area contributed by atoms with E-state index < -0.39 is 6.03 Å². The van der Waals surface area contributed by atoms with E-state index in [1.54, 1.807) is 24.3 Å². The Balaban J connectivity index is 1.55. The van der Waals surface area contributed by atoms with Crippen LogP contribution in [0.4, 0.5) is 15.6 Å². The minimum absolute atomic E-state index is 0.227. The number of nitrogens with one attached hydrogen (secondary N) is 2. The predicted molar refractivity (Wildman–Crippen MR) is 110 cm³/mol. The van der Waals surface area contributed by atoms with Crippen molar-refractivity contribution in [2.45, 2.75) is 13.5 Å². The van der Waals surface area contributed by atoms with Gasteiger partial charge in [0.15, 0.2) is 5.01 Å². The van der Waals surface area contributed by atoms with Gasteiger partial charge in [0, 0.05) is 10.0 Å². The third-order valence-corrected chi connectivity index (χ3v) is 5.14. The minimum Gasteiger partial charge on any atom is -0.486 e. The average molecular weight is 444 g/mol. The van der Waals surface area contributed by atoms with Gasteiger partial charge in [-0.2, -0.15) is 0 Å². The Hall–Kier alpha value is -2.06. The van der Waals surface area contributed by atoms with E-state index in [1.165, 1.54) is 17.4 Å². The van der Waals surface area contributed by atoms with E-state index in [2.05, 4.69) is 20.8 Å². The van der Waals surface area contributed by atoms with Crippen LogP contribution in [0.25, 0.3) is 0 Å². The first kappa shape index (κ1) is 19.7. The van der Waals surface area contributed by atoms with Crippen LogP contribution in [-0.4, -0.2) is 16.2 Å². The number of nitrogens with zero attached hydrogens (tertiary/aromatic N) is 2. The van der Waals surface area contributed by atoms with Crippen molar-refractivity contribution in [1.82, 2.24) is 10.2 Å². The number of halogens is 3. The van der Waals surface area contributed by atoms with Gasteiger partial charge >= 0.3 is 6.03 Å². The summed E-state index contributed by atoms with van der Waals surface area (Å²) in [6.45, 7) is 2.12. The summed E-state index contributed by atoms with van der Waals surface area (Å²) in [5.74, 6) is 0.678. The number of hydrogen-bond acceptors (Lipinski definition) is 5. The van der Waals surface area contributed by atoms with E-state index >= 15 is 0 Å². The van der Waals surface area contributed by atoms with Crippen LogP contribution >= 0.6 is 46.1 Å². The summed E-state index contributed by atoms with van der Waals surface area (Å²) in [6.07, 6.45) is 0. The fourth-order valence-electron chi connectivity index (χ4n) is 2.06. The molecule has 2 aromatic carbocycles. The number of carbonyl (C=O) groups excluding carboxylic acids is 1. The summed E-state index contributed by atoms with van der Waals surface area (Å²) in [5.41, 5.74) is 1.36. The molecule has 6 nitrogen and oxygen atoms in total. The molecule has 0 unspecified atom stereocenters. The zero-order valence-corrected chi connectivity index (χ0v) is 17.0. The molecule has 0 atom stereocenters. The van der Waals surface area contributed by atoms with E-state index in [9.17, 15) is 4.79 Å². The Labute approximate surface area is 174 Å². The fourth-order valence-corrected chi connectivity index (χ4v) is 3.28. The standard InChI is InChI=1S/C17H13Cl3N4O2S/c1-9-6-11(3-4-12(9)19)26-8-15-23-24-17(27-15)22-16(25)21-14-5-2-10(18)7-13(14)20/h2-7H,8H2,1H3,(H2,21,22,24,25). The lowest BCUT2D eigenvalue weighted by molar-refractivity contribution is 0.262. The molecule has 0 radical (unpaired) electrons. The summed E-state index contributed by atoms with van der Waals surface area (Å²) < 4.78 is 5.66. The number of aromatic nitrogens is 2. The third-order valence-electron chi connectivity index (χ3n) is 3.36. The molecule has 3 aromatic rings. The molecule has 10 heteroatoms. The Bertz CT molecular complexity index is 981. The van der Waals surface area contributed by atoms with E-state index in [4.69, 9.17) is 39.5 Å². The van der Waals surface area contributed by atoms with Gasteiger partial charge < -0.3 is 10.1 Å². The number of hydrogen-bond donors (Lipinski definition) is 2. The smallest absolute Gasteiger partial charge is 0.325 e. The average Bonchev–Trinajstić information content (AvgIpc) is 3.06. The van der Waals surface area contributed by atoms with Crippen molar-refractivity contribution in [3.63, 3.8) is 0 Å². The summed E-state index contributed by atoms with van der Waals surface area (Å²) in [4.78, 5) is 12.1. The van der Waals surface area contributed by atoms with E-state index in [1.807, 2.05) is 13.0 Å². The number of benzene rings is 2. The van der Waals surface area contributed by atoms with Crippen molar-refractivity contribution < 1.29 is 9.53 Å². The number of anilines is 2. The van der Waals surface area contributed by atoms with Gasteiger partial charge in [0.2, 0.25) is 5.13 Å². The van der Waals surface area contributed by atoms with Crippen LogP contribution in [0.2, 0.25) is 15.1 Å². The summed E-state index contributed by atoms with van der Waals surface area (Å²) in [5, 5.41) is 15.6. The van der Waals surface area contributed by atoms with Gasteiger partial charge in [0.25, 0.3) is 0 Å². The fraction of sp³-hybridized carbons (Fsp3) is 0.118. The molecule has 2 amide bonds. The highest BCUT2D eigenvalue weighted by atomic mass is 35.5. The first-order valence-corrected chi connectivity index (χ1v) is 9.60.